The van der Waals surface area contributed by atoms with E-state index in [0.717, 1.165) is 0 Å². The molecule has 0 aromatic carbocycles. The number of ether oxygens (including phenoxy) is 1. The van der Waals surface area contributed by atoms with Crippen molar-refractivity contribution >= 4 is 11.9 Å². The number of morpholine rings is 1. The molecule has 5 nitrogen and oxygen atoms in total. The lowest BCUT2D eigenvalue weighted by Gasteiger charge is -2.44. The zero-order valence-corrected chi connectivity index (χ0v) is 11.5. The Morgan fingerprint density at radius 3 is 2.47 bits per heavy atom. The summed E-state index contributed by atoms with van der Waals surface area (Å²) in [5.74, 6) is -1.98. The summed E-state index contributed by atoms with van der Waals surface area (Å²) in [5, 5.41) is 9.26. The van der Waals surface area contributed by atoms with Crippen LogP contribution >= 0.6 is 0 Å². The SMILES string of the molecule is CC1(C)COCCN1C(=O)[C@@H]1CC=CC[C@@H]1C(=O)O. The first kappa shape index (κ1) is 14.1. The van der Waals surface area contributed by atoms with Crippen LogP contribution in [0, 0.1) is 11.8 Å². The van der Waals surface area contributed by atoms with Crippen LogP contribution < -0.4 is 0 Å². The minimum absolute atomic E-state index is 0.0509. The lowest BCUT2D eigenvalue weighted by molar-refractivity contribution is -0.158. The van der Waals surface area contributed by atoms with Gasteiger partial charge in [-0.15, -0.1) is 0 Å². The van der Waals surface area contributed by atoms with Crippen LogP contribution in [0.15, 0.2) is 12.2 Å². The Balaban J connectivity index is 2.17. The van der Waals surface area contributed by atoms with Gasteiger partial charge in [0.05, 0.1) is 30.6 Å². The maximum absolute atomic E-state index is 12.7. The number of amides is 1. The fraction of sp³-hybridized carbons (Fsp3) is 0.714. The minimum Gasteiger partial charge on any atom is -0.481 e. The van der Waals surface area contributed by atoms with Crippen LogP contribution in [0.3, 0.4) is 0 Å². The summed E-state index contributed by atoms with van der Waals surface area (Å²) in [6, 6.07) is 0. The Labute approximate surface area is 113 Å². The lowest BCUT2D eigenvalue weighted by atomic mass is 9.81. The molecule has 0 bridgehead atoms. The summed E-state index contributed by atoms with van der Waals surface area (Å²) >= 11 is 0. The van der Waals surface area contributed by atoms with E-state index in [1.165, 1.54) is 0 Å². The predicted octanol–water partition coefficient (Wildman–Crippen LogP) is 1.29. The molecule has 0 spiro atoms. The molecule has 1 fully saturated rings. The number of carbonyl (C=O) groups excluding carboxylic acids is 1. The molecule has 5 heteroatoms. The van der Waals surface area contributed by atoms with Crippen LogP contribution in [0.2, 0.25) is 0 Å². The minimum atomic E-state index is -0.881. The molecule has 1 heterocycles. The molecular formula is C14H21NO4. The van der Waals surface area contributed by atoms with Crippen molar-refractivity contribution in [3.05, 3.63) is 12.2 Å². The van der Waals surface area contributed by atoms with Crippen molar-refractivity contribution in [2.24, 2.45) is 11.8 Å². The summed E-state index contributed by atoms with van der Waals surface area (Å²) in [6.07, 6.45) is 4.72. The Hall–Kier alpha value is -1.36. The van der Waals surface area contributed by atoms with E-state index in [4.69, 9.17) is 4.74 Å². The molecule has 0 aromatic heterocycles. The second-order valence-corrected chi connectivity index (χ2v) is 5.85. The number of nitrogens with zero attached hydrogens (tertiary/aromatic N) is 1. The first-order valence-electron chi connectivity index (χ1n) is 6.70. The molecule has 1 amide bonds. The third-order valence-corrected chi connectivity index (χ3v) is 3.98. The summed E-state index contributed by atoms with van der Waals surface area (Å²) in [4.78, 5) is 25.7. The van der Waals surface area contributed by atoms with E-state index >= 15 is 0 Å². The van der Waals surface area contributed by atoms with Gasteiger partial charge in [0.2, 0.25) is 5.91 Å². The fourth-order valence-electron chi connectivity index (χ4n) is 2.83. The number of hydrogen-bond donors (Lipinski definition) is 1. The molecule has 0 aromatic rings. The van der Waals surface area contributed by atoms with E-state index < -0.39 is 17.8 Å². The number of carboxylic acids is 1. The highest BCUT2D eigenvalue weighted by Crippen LogP contribution is 2.31. The first-order valence-corrected chi connectivity index (χ1v) is 6.70. The van der Waals surface area contributed by atoms with E-state index in [1.54, 1.807) is 4.90 Å². The van der Waals surface area contributed by atoms with E-state index in [2.05, 4.69) is 0 Å². The van der Waals surface area contributed by atoms with Crippen molar-refractivity contribution < 1.29 is 19.4 Å². The number of hydrogen-bond acceptors (Lipinski definition) is 3. The van der Waals surface area contributed by atoms with Gasteiger partial charge in [0.15, 0.2) is 0 Å². The Kier molecular flexibility index (Phi) is 3.94. The molecule has 1 aliphatic heterocycles. The number of carbonyl (C=O) groups is 2. The van der Waals surface area contributed by atoms with Crippen LogP contribution in [-0.2, 0) is 14.3 Å². The van der Waals surface area contributed by atoms with Gasteiger partial charge in [-0.1, -0.05) is 12.2 Å². The summed E-state index contributed by atoms with van der Waals surface area (Å²) in [5.41, 5.74) is -0.362. The van der Waals surface area contributed by atoms with Gasteiger partial charge in [0, 0.05) is 6.54 Å². The van der Waals surface area contributed by atoms with Crippen molar-refractivity contribution in [2.45, 2.75) is 32.2 Å². The van der Waals surface area contributed by atoms with Gasteiger partial charge in [-0.25, -0.2) is 0 Å². The van der Waals surface area contributed by atoms with Crippen LogP contribution in [0.5, 0.6) is 0 Å². The Morgan fingerprint density at radius 2 is 1.89 bits per heavy atom. The maximum atomic E-state index is 12.7. The number of rotatable bonds is 2. The molecule has 19 heavy (non-hydrogen) atoms. The van der Waals surface area contributed by atoms with Crippen molar-refractivity contribution in [2.75, 3.05) is 19.8 Å². The van der Waals surface area contributed by atoms with Crippen LogP contribution in [0.4, 0.5) is 0 Å². The second kappa shape index (κ2) is 5.33. The highest BCUT2D eigenvalue weighted by atomic mass is 16.5. The largest absolute Gasteiger partial charge is 0.481 e. The Bertz CT molecular complexity index is 402. The molecule has 0 radical (unpaired) electrons. The number of allylic oxidation sites excluding steroid dienone is 2. The van der Waals surface area contributed by atoms with Crippen LogP contribution in [-0.4, -0.2) is 47.2 Å². The molecule has 1 saturated heterocycles. The average Bonchev–Trinajstić information content (AvgIpc) is 2.37. The Morgan fingerprint density at radius 1 is 1.26 bits per heavy atom. The molecular weight excluding hydrogens is 246 g/mol. The van der Waals surface area contributed by atoms with Gasteiger partial charge in [-0.05, 0) is 26.7 Å². The second-order valence-electron chi connectivity index (χ2n) is 5.85. The molecule has 1 aliphatic carbocycles. The van der Waals surface area contributed by atoms with Crippen LogP contribution in [0.25, 0.3) is 0 Å². The fourth-order valence-corrected chi connectivity index (χ4v) is 2.83. The van der Waals surface area contributed by atoms with Crippen molar-refractivity contribution in [3.8, 4) is 0 Å². The molecule has 0 saturated carbocycles. The third-order valence-electron chi connectivity index (χ3n) is 3.98. The zero-order valence-electron chi connectivity index (χ0n) is 11.5. The molecule has 2 aliphatic rings. The number of carboxylic acid groups (broad SMARTS) is 1. The summed E-state index contributed by atoms with van der Waals surface area (Å²) < 4.78 is 5.40. The maximum Gasteiger partial charge on any atom is 0.307 e. The molecule has 106 valence electrons. The first-order chi connectivity index (χ1) is 8.93. The predicted molar refractivity (Wildman–Crippen MR) is 69.6 cm³/mol. The van der Waals surface area contributed by atoms with E-state index in [1.807, 2.05) is 26.0 Å². The van der Waals surface area contributed by atoms with E-state index in [-0.39, 0.29) is 11.4 Å². The van der Waals surface area contributed by atoms with Crippen LogP contribution in [0.1, 0.15) is 26.7 Å². The molecule has 2 rings (SSSR count). The van der Waals surface area contributed by atoms with Gasteiger partial charge in [-0.2, -0.15) is 0 Å². The topological polar surface area (TPSA) is 66.8 Å². The monoisotopic (exact) mass is 267 g/mol. The molecule has 1 N–H and O–H groups in total. The van der Waals surface area contributed by atoms with Gasteiger partial charge in [0.1, 0.15) is 0 Å². The third kappa shape index (κ3) is 2.81. The number of aliphatic carboxylic acids is 1. The molecule has 0 unspecified atom stereocenters. The van der Waals surface area contributed by atoms with Gasteiger partial charge in [-0.3, -0.25) is 9.59 Å². The standard InChI is InChI=1S/C14H21NO4/c1-14(2)9-19-8-7-15(14)12(16)10-5-3-4-6-11(10)13(17)18/h3-4,10-11H,5-9H2,1-2H3,(H,17,18)/t10-,11+/m1/s1. The highest BCUT2D eigenvalue weighted by Gasteiger charge is 2.41. The van der Waals surface area contributed by atoms with Gasteiger partial charge in [0.25, 0.3) is 0 Å². The highest BCUT2D eigenvalue weighted by molar-refractivity contribution is 5.86. The quantitative estimate of drug-likeness (QED) is 0.766. The van der Waals surface area contributed by atoms with E-state index in [9.17, 15) is 14.7 Å². The zero-order chi connectivity index (χ0) is 14.0. The van der Waals surface area contributed by atoms with Crippen molar-refractivity contribution in [1.29, 1.82) is 0 Å². The lowest BCUT2D eigenvalue weighted by Crippen LogP contribution is -2.58. The summed E-state index contributed by atoms with van der Waals surface area (Å²) in [7, 11) is 0. The smallest absolute Gasteiger partial charge is 0.307 e. The molecule has 2 atom stereocenters. The van der Waals surface area contributed by atoms with Crippen molar-refractivity contribution in [1.82, 2.24) is 4.90 Å². The normalized spacial score (nSPS) is 30.1. The average molecular weight is 267 g/mol. The van der Waals surface area contributed by atoms with Gasteiger partial charge >= 0.3 is 5.97 Å². The summed E-state index contributed by atoms with van der Waals surface area (Å²) in [6.45, 7) is 5.48. The van der Waals surface area contributed by atoms with Gasteiger partial charge < -0.3 is 14.7 Å². The van der Waals surface area contributed by atoms with Crippen molar-refractivity contribution in [3.63, 3.8) is 0 Å². The van der Waals surface area contributed by atoms with E-state index in [0.29, 0.717) is 32.6 Å².